The van der Waals surface area contributed by atoms with Crippen molar-refractivity contribution in [2.45, 2.75) is 51.6 Å². The lowest BCUT2D eigenvalue weighted by molar-refractivity contribution is 0.0683. The Hall–Kier alpha value is -1.97. The van der Waals surface area contributed by atoms with Crippen molar-refractivity contribution < 1.29 is 13.6 Å². The topological polar surface area (TPSA) is 46.6 Å². The Morgan fingerprint density at radius 2 is 2.00 bits per heavy atom. The maximum absolute atomic E-state index is 12.6. The van der Waals surface area contributed by atoms with E-state index in [1.54, 1.807) is 6.07 Å². The fraction of sp³-hybridized carbons (Fsp3) is 0.500. The van der Waals surface area contributed by atoms with Crippen molar-refractivity contribution in [3.05, 3.63) is 47.3 Å². The first-order valence-electron chi connectivity index (χ1n) is 8.08. The van der Waals surface area contributed by atoms with Gasteiger partial charge in [-0.25, -0.2) is 0 Å². The van der Waals surface area contributed by atoms with Gasteiger partial charge in [0.05, 0.1) is 6.54 Å². The van der Waals surface area contributed by atoms with E-state index in [1.165, 1.54) is 6.42 Å². The summed E-state index contributed by atoms with van der Waals surface area (Å²) in [5.74, 6) is 4.40. The molecule has 4 heteroatoms. The Kier molecular flexibility index (Phi) is 3.13. The molecule has 0 spiro atoms. The summed E-state index contributed by atoms with van der Waals surface area (Å²) in [5, 5.41) is 0. The Labute approximate surface area is 130 Å². The average Bonchev–Trinajstić information content (AvgIpc) is 3.37. The van der Waals surface area contributed by atoms with Crippen LogP contribution in [-0.2, 0) is 6.54 Å². The molecule has 2 atom stereocenters. The predicted octanol–water partition coefficient (Wildman–Crippen LogP) is 4.11. The lowest BCUT2D eigenvalue weighted by atomic mass is 10.3. The maximum atomic E-state index is 12.6. The highest BCUT2D eigenvalue weighted by molar-refractivity contribution is 5.91. The van der Waals surface area contributed by atoms with E-state index in [0.29, 0.717) is 24.3 Å². The van der Waals surface area contributed by atoms with Gasteiger partial charge in [-0.3, -0.25) is 4.79 Å². The van der Waals surface area contributed by atoms with Gasteiger partial charge in [0.2, 0.25) is 0 Å². The predicted molar refractivity (Wildman–Crippen MR) is 81.6 cm³/mol. The van der Waals surface area contributed by atoms with Gasteiger partial charge < -0.3 is 13.7 Å². The molecule has 2 aliphatic rings. The first-order valence-corrected chi connectivity index (χ1v) is 8.08. The van der Waals surface area contributed by atoms with Gasteiger partial charge in [0.25, 0.3) is 5.91 Å². The third kappa shape index (κ3) is 2.58. The number of hydrogen-bond acceptors (Lipinski definition) is 3. The summed E-state index contributed by atoms with van der Waals surface area (Å²) in [6.45, 7) is 4.63. The van der Waals surface area contributed by atoms with Crippen LogP contribution < -0.4 is 0 Å². The lowest BCUT2D eigenvalue weighted by Gasteiger charge is -2.20. The zero-order valence-electron chi connectivity index (χ0n) is 13.0. The maximum Gasteiger partial charge on any atom is 0.290 e. The van der Waals surface area contributed by atoms with Crippen LogP contribution in [0.15, 0.2) is 33.1 Å². The van der Waals surface area contributed by atoms with E-state index in [9.17, 15) is 4.79 Å². The molecule has 0 saturated heterocycles. The van der Waals surface area contributed by atoms with E-state index in [2.05, 4.69) is 13.0 Å². The minimum absolute atomic E-state index is 0.0339. The van der Waals surface area contributed by atoms with Crippen molar-refractivity contribution in [1.82, 2.24) is 4.90 Å². The normalized spacial score (nSPS) is 23.5. The molecule has 0 bridgehead atoms. The highest BCUT2D eigenvalue weighted by Gasteiger charge is 2.38. The number of aryl methyl sites for hydroxylation is 1. The largest absolute Gasteiger partial charge is 0.464 e. The summed E-state index contributed by atoms with van der Waals surface area (Å²) in [5.41, 5.74) is 0. The van der Waals surface area contributed by atoms with Gasteiger partial charge >= 0.3 is 0 Å². The van der Waals surface area contributed by atoms with Crippen molar-refractivity contribution in [2.75, 3.05) is 0 Å². The molecule has 2 saturated carbocycles. The van der Waals surface area contributed by atoms with Crippen molar-refractivity contribution in [3.63, 3.8) is 0 Å². The highest BCUT2D eigenvalue weighted by atomic mass is 16.4. The number of carbonyl (C=O) groups excluding carboxylic acids is 1. The first-order chi connectivity index (χ1) is 10.6. The second-order valence-corrected chi connectivity index (χ2v) is 6.70. The van der Waals surface area contributed by atoms with Crippen LogP contribution in [-0.4, -0.2) is 16.8 Å². The zero-order chi connectivity index (χ0) is 15.3. The molecule has 2 heterocycles. The minimum atomic E-state index is -0.0339. The van der Waals surface area contributed by atoms with E-state index in [1.807, 2.05) is 24.0 Å². The first kappa shape index (κ1) is 13.7. The number of carbonyl (C=O) groups is 1. The molecule has 2 aromatic rings. The standard InChI is InChI=1S/C18H21NO3/c1-11-9-15(11)16-8-6-14(22-16)10-19(13-4-5-13)18(20)17-7-3-12(2)21-17/h3,6-8,11,13,15H,4-5,9-10H2,1-2H3/t11-,15+/m0/s1. The lowest BCUT2D eigenvalue weighted by Crippen LogP contribution is -2.32. The van der Waals surface area contributed by atoms with Crippen LogP contribution in [0.25, 0.3) is 0 Å². The second-order valence-electron chi connectivity index (χ2n) is 6.70. The van der Waals surface area contributed by atoms with Gasteiger partial charge in [-0.05, 0) is 56.4 Å². The summed E-state index contributed by atoms with van der Waals surface area (Å²) in [6, 6.07) is 7.99. The summed E-state index contributed by atoms with van der Waals surface area (Å²) < 4.78 is 11.4. The molecule has 2 aliphatic carbocycles. The number of amides is 1. The van der Waals surface area contributed by atoms with Crippen LogP contribution in [0.1, 0.15) is 59.9 Å². The van der Waals surface area contributed by atoms with E-state index in [4.69, 9.17) is 8.83 Å². The number of nitrogens with zero attached hydrogens (tertiary/aromatic N) is 1. The molecule has 0 N–H and O–H groups in total. The fourth-order valence-electron chi connectivity index (χ4n) is 3.01. The average molecular weight is 299 g/mol. The van der Waals surface area contributed by atoms with Gasteiger partial charge in [0.1, 0.15) is 17.3 Å². The molecule has 1 amide bonds. The fourth-order valence-corrected chi connectivity index (χ4v) is 3.01. The highest BCUT2D eigenvalue weighted by Crippen LogP contribution is 2.47. The number of hydrogen-bond donors (Lipinski definition) is 0. The third-order valence-electron chi connectivity index (χ3n) is 4.68. The summed E-state index contributed by atoms with van der Waals surface area (Å²) in [7, 11) is 0. The van der Waals surface area contributed by atoms with E-state index < -0.39 is 0 Å². The van der Waals surface area contributed by atoms with Crippen molar-refractivity contribution in [3.8, 4) is 0 Å². The molecule has 4 rings (SSSR count). The molecule has 0 unspecified atom stereocenters. The third-order valence-corrected chi connectivity index (χ3v) is 4.68. The van der Waals surface area contributed by atoms with Crippen LogP contribution in [0.2, 0.25) is 0 Å². The van der Waals surface area contributed by atoms with Gasteiger partial charge in [0.15, 0.2) is 5.76 Å². The summed E-state index contributed by atoms with van der Waals surface area (Å²) in [4.78, 5) is 14.5. The molecule has 0 aliphatic heterocycles. The van der Waals surface area contributed by atoms with Gasteiger partial charge in [-0.2, -0.15) is 0 Å². The number of rotatable bonds is 5. The van der Waals surface area contributed by atoms with Crippen LogP contribution in [0.3, 0.4) is 0 Å². The SMILES string of the molecule is Cc1ccc(C(=O)N(Cc2ccc([C@@H]3C[C@@H]3C)o2)C2CC2)o1. The molecule has 116 valence electrons. The summed E-state index contributed by atoms with van der Waals surface area (Å²) in [6.07, 6.45) is 3.35. The molecular formula is C18H21NO3. The Morgan fingerprint density at radius 3 is 2.59 bits per heavy atom. The molecule has 0 radical (unpaired) electrons. The quantitative estimate of drug-likeness (QED) is 0.834. The van der Waals surface area contributed by atoms with Crippen molar-refractivity contribution in [1.29, 1.82) is 0 Å². The molecule has 22 heavy (non-hydrogen) atoms. The summed E-state index contributed by atoms with van der Waals surface area (Å²) >= 11 is 0. The Bertz CT molecular complexity index is 695. The molecule has 2 aromatic heterocycles. The van der Waals surface area contributed by atoms with Crippen LogP contribution in [0.4, 0.5) is 0 Å². The Morgan fingerprint density at radius 1 is 1.23 bits per heavy atom. The zero-order valence-corrected chi connectivity index (χ0v) is 13.0. The van der Waals surface area contributed by atoms with E-state index >= 15 is 0 Å². The molecular weight excluding hydrogens is 278 g/mol. The molecule has 4 nitrogen and oxygen atoms in total. The van der Waals surface area contributed by atoms with Crippen molar-refractivity contribution in [2.24, 2.45) is 5.92 Å². The van der Waals surface area contributed by atoms with E-state index in [0.717, 1.165) is 36.0 Å². The van der Waals surface area contributed by atoms with E-state index in [-0.39, 0.29) is 5.91 Å². The van der Waals surface area contributed by atoms with Crippen molar-refractivity contribution >= 4 is 5.91 Å². The monoisotopic (exact) mass is 299 g/mol. The second kappa shape index (κ2) is 5.04. The van der Waals surface area contributed by atoms with Crippen LogP contribution >= 0.6 is 0 Å². The van der Waals surface area contributed by atoms with Gasteiger partial charge in [0, 0.05) is 12.0 Å². The number of furan rings is 2. The molecule has 2 fully saturated rings. The van der Waals surface area contributed by atoms with Crippen LogP contribution in [0, 0.1) is 12.8 Å². The molecule has 0 aromatic carbocycles. The smallest absolute Gasteiger partial charge is 0.290 e. The van der Waals surface area contributed by atoms with Gasteiger partial charge in [-0.15, -0.1) is 0 Å². The minimum Gasteiger partial charge on any atom is -0.464 e. The van der Waals surface area contributed by atoms with Crippen LogP contribution in [0.5, 0.6) is 0 Å². The van der Waals surface area contributed by atoms with Gasteiger partial charge in [-0.1, -0.05) is 6.92 Å². The Balaban J connectivity index is 1.50.